The molecule has 0 spiro atoms. The summed E-state index contributed by atoms with van der Waals surface area (Å²) < 4.78 is 13.0. The van der Waals surface area contributed by atoms with E-state index < -0.39 is 5.97 Å². The highest BCUT2D eigenvalue weighted by Gasteiger charge is 2.15. The van der Waals surface area contributed by atoms with Crippen molar-refractivity contribution < 1.29 is 19.4 Å². The molecule has 1 N–H and O–H groups in total. The largest absolute Gasteiger partial charge is 0.493 e. The van der Waals surface area contributed by atoms with Gasteiger partial charge in [-0.15, -0.1) is 10.2 Å². The minimum atomic E-state index is -1.04. The maximum absolute atomic E-state index is 11.0. The maximum Gasteiger partial charge on any atom is 0.335 e. The lowest BCUT2D eigenvalue weighted by atomic mass is 10.2. The van der Waals surface area contributed by atoms with Gasteiger partial charge in [-0.25, -0.2) is 4.79 Å². The number of halogens is 1. The lowest BCUT2D eigenvalue weighted by Gasteiger charge is -2.13. The van der Waals surface area contributed by atoms with Gasteiger partial charge in [0.2, 0.25) is 0 Å². The van der Waals surface area contributed by atoms with Gasteiger partial charge in [-0.3, -0.25) is 0 Å². The Morgan fingerprint density at radius 2 is 2.25 bits per heavy atom. The normalized spacial score (nSPS) is 10.3. The van der Waals surface area contributed by atoms with Crippen LogP contribution >= 0.6 is 15.9 Å². The van der Waals surface area contributed by atoms with Crippen LogP contribution in [0.4, 0.5) is 0 Å². The van der Waals surface area contributed by atoms with E-state index in [0.717, 1.165) is 0 Å². The van der Waals surface area contributed by atoms with Crippen molar-refractivity contribution in [2.24, 2.45) is 7.05 Å². The zero-order valence-electron chi connectivity index (χ0n) is 10.8. The van der Waals surface area contributed by atoms with Crippen molar-refractivity contribution in [3.05, 3.63) is 34.3 Å². The molecule has 0 aliphatic carbocycles. The van der Waals surface area contributed by atoms with Crippen LogP contribution in [0.3, 0.4) is 0 Å². The standard InChI is InChI=1S/C12H12BrN3O4/c1-16-6-14-15-10(16)5-20-11-8(13)3-7(12(17)18)4-9(11)19-2/h3-4,6H,5H2,1-2H3,(H,17,18). The molecule has 0 fully saturated rings. The summed E-state index contributed by atoms with van der Waals surface area (Å²) in [6.45, 7) is 0.192. The molecule has 106 valence electrons. The molecule has 0 bridgehead atoms. The van der Waals surface area contributed by atoms with Crippen LogP contribution < -0.4 is 9.47 Å². The molecule has 0 atom stereocenters. The van der Waals surface area contributed by atoms with E-state index in [2.05, 4.69) is 26.1 Å². The van der Waals surface area contributed by atoms with E-state index in [0.29, 0.717) is 21.8 Å². The number of carboxylic acids is 1. The van der Waals surface area contributed by atoms with Gasteiger partial charge in [0.05, 0.1) is 17.1 Å². The highest BCUT2D eigenvalue weighted by atomic mass is 79.9. The van der Waals surface area contributed by atoms with Gasteiger partial charge < -0.3 is 19.1 Å². The fraction of sp³-hybridized carbons (Fsp3) is 0.250. The molecule has 7 nitrogen and oxygen atoms in total. The van der Waals surface area contributed by atoms with E-state index in [1.165, 1.54) is 19.2 Å². The van der Waals surface area contributed by atoms with Gasteiger partial charge in [0.15, 0.2) is 17.3 Å². The lowest BCUT2D eigenvalue weighted by Crippen LogP contribution is -2.05. The van der Waals surface area contributed by atoms with Crippen LogP contribution in [0.25, 0.3) is 0 Å². The van der Waals surface area contributed by atoms with Crippen LogP contribution in [-0.4, -0.2) is 33.0 Å². The molecule has 0 aliphatic rings. The third-order valence-electron chi connectivity index (χ3n) is 2.63. The molecular formula is C12H12BrN3O4. The molecule has 0 aliphatic heterocycles. The molecule has 2 rings (SSSR count). The molecule has 0 saturated heterocycles. The van der Waals surface area contributed by atoms with Crippen LogP contribution in [0.2, 0.25) is 0 Å². The summed E-state index contributed by atoms with van der Waals surface area (Å²) in [5, 5.41) is 16.6. The van der Waals surface area contributed by atoms with Gasteiger partial charge in [-0.2, -0.15) is 0 Å². The summed E-state index contributed by atoms with van der Waals surface area (Å²) in [7, 11) is 3.25. The molecule has 0 radical (unpaired) electrons. The number of rotatable bonds is 5. The molecule has 8 heteroatoms. The molecule has 1 aromatic carbocycles. The Morgan fingerprint density at radius 1 is 1.50 bits per heavy atom. The summed E-state index contributed by atoms with van der Waals surface area (Å²) >= 11 is 3.28. The first-order valence-electron chi connectivity index (χ1n) is 5.59. The van der Waals surface area contributed by atoms with E-state index in [-0.39, 0.29) is 12.2 Å². The topological polar surface area (TPSA) is 86.5 Å². The number of aromatic carboxylic acids is 1. The quantitative estimate of drug-likeness (QED) is 0.893. The summed E-state index contributed by atoms with van der Waals surface area (Å²) in [5.41, 5.74) is 0.111. The second-order valence-corrected chi connectivity index (χ2v) is 4.80. The Hall–Kier alpha value is -2.09. The van der Waals surface area contributed by atoms with Crippen molar-refractivity contribution >= 4 is 21.9 Å². The van der Waals surface area contributed by atoms with E-state index >= 15 is 0 Å². The molecule has 0 amide bonds. The average molecular weight is 342 g/mol. The van der Waals surface area contributed by atoms with Crippen molar-refractivity contribution in [3.8, 4) is 11.5 Å². The molecule has 0 saturated carbocycles. The fourth-order valence-corrected chi connectivity index (χ4v) is 2.11. The van der Waals surface area contributed by atoms with Crippen molar-refractivity contribution in [2.75, 3.05) is 7.11 Å². The van der Waals surface area contributed by atoms with Crippen molar-refractivity contribution in [1.82, 2.24) is 14.8 Å². The van der Waals surface area contributed by atoms with Crippen LogP contribution in [0.1, 0.15) is 16.2 Å². The highest BCUT2D eigenvalue weighted by molar-refractivity contribution is 9.10. The number of hydrogen-bond acceptors (Lipinski definition) is 5. The minimum absolute atomic E-state index is 0.111. The summed E-state index contributed by atoms with van der Waals surface area (Å²) in [5.74, 6) is 0.351. The Morgan fingerprint density at radius 3 is 2.80 bits per heavy atom. The number of aromatic nitrogens is 3. The van der Waals surface area contributed by atoms with Crippen LogP contribution in [0, 0.1) is 0 Å². The van der Waals surface area contributed by atoms with E-state index in [9.17, 15) is 4.79 Å². The third kappa shape index (κ3) is 2.90. The first kappa shape index (κ1) is 14.3. The zero-order chi connectivity index (χ0) is 14.7. The third-order valence-corrected chi connectivity index (χ3v) is 3.22. The van der Waals surface area contributed by atoms with E-state index in [1.54, 1.807) is 17.9 Å². The number of nitrogens with zero attached hydrogens (tertiary/aromatic N) is 3. The van der Waals surface area contributed by atoms with Gasteiger partial charge in [0.25, 0.3) is 0 Å². The van der Waals surface area contributed by atoms with E-state index in [1.807, 2.05) is 0 Å². The molecule has 20 heavy (non-hydrogen) atoms. The van der Waals surface area contributed by atoms with Gasteiger partial charge in [0.1, 0.15) is 12.9 Å². The number of benzene rings is 1. The first-order valence-corrected chi connectivity index (χ1v) is 6.38. The smallest absolute Gasteiger partial charge is 0.335 e. The zero-order valence-corrected chi connectivity index (χ0v) is 12.4. The highest BCUT2D eigenvalue weighted by Crippen LogP contribution is 2.37. The summed E-state index contributed by atoms with van der Waals surface area (Å²) in [6.07, 6.45) is 1.57. The molecular weight excluding hydrogens is 330 g/mol. The van der Waals surface area contributed by atoms with Crippen molar-refractivity contribution in [2.45, 2.75) is 6.61 Å². The average Bonchev–Trinajstić information content (AvgIpc) is 2.82. The number of carbonyl (C=O) groups is 1. The van der Waals surface area contributed by atoms with Gasteiger partial charge >= 0.3 is 5.97 Å². The van der Waals surface area contributed by atoms with Gasteiger partial charge in [-0.05, 0) is 28.1 Å². The number of hydrogen-bond donors (Lipinski definition) is 1. The Bertz CT molecular complexity index is 642. The van der Waals surface area contributed by atoms with Crippen LogP contribution in [0.15, 0.2) is 22.9 Å². The Balaban J connectivity index is 2.27. The van der Waals surface area contributed by atoms with Gasteiger partial charge in [0, 0.05) is 7.05 Å². The van der Waals surface area contributed by atoms with Crippen LogP contribution in [0.5, 0.6) is 11.5 Å². The fourth-order valence-electron chi connectivity index (χ4n) is 1.56. The van der Waals surface area contributed by atoms with E-state index in [4.69, 9.17) is 14.6 Å². The Kier molecular flexibility index (Phi) is 4.23. The number of methoxy groups -OCH3 is 1. The lowest BCUT2D eigenvalue weighted by molar-refractivity contribution is 0.0696. The van der Waals surface area contributed by atoms with Gasteiger partial charge in [-0.1, -0.05) is 0 Å². The first-order chi connectivity index (χ1) is 9.52. The second-order valence-electron chi connectivity index (χ2n) is 3.94. The predicted molar refractivity (Wildman–Crippen MR) is 73.0 cm³/mol. The maximum atomic E-state index is 11.0. The van der Waals surface area contributed by atoms with Crippen molar-refractivity contribution in [1.29, 1.82) is 0 Å². The molecule has 1 heterocycles. The van der Waals surface area contributed by atoms with Crippen LogP contribution in [-0.2, 0) is 13.7 Å². The molecule has 2 aromatic rings. The second kappa shape index (κ2) is 5.91. The monoisotopic (exact) mass is 341 g/mol. The molecule has 0 unspecified atom stereocenters. The number of aryl methyl sites for hydroxylation is 1. The Labute approximate surface area is 123 Å². The molecule has 1 aromatic heterocycles. The SMILES string of the molecule is COc1cc(C(=O)O)cc(Br)c1OCc1nncn1C. The number of carboxylic acid groups (broad SMARTS) is 1. The summed E-state index contributed by atoms with van der Waals surface area (Å²) in [6, 6.07) is 2.86. The van der Waals surface area contributed by atoms with Crippen molar-refractivity contribution in [3.63, 3.8) is 0 Å². The summed E-state index contributed by atoms with van der Waals surface area (Å²) in [4.78, 5) is 11.0. The minimum Gasteiger partial charge on any atom is -0.493 e. The number of ether oxygens (including phenoxy) is 2. The predicted octanol–water partition coefficient (Wildman–Crippen LogP) is 1.86.